The molecule has 0 aromatic carbocycles. The number of carboxylic acids is 1. The van der Waals surface area contributed by atoms with Crippen LogP contribution in [0, 0.1) is 18.8 Å². The molecule has 3 saturated heterocycles. The van der Waals surface area contributed by atoms with Gasteiger partial charge in [0.15, 0.2) is 34.8 Å². The van der Waals surface area contributed by atoms with Gasteiger partial charge in [-0.1, -0.05) is 19.0 Å². The number of amides is 3. The SMILES string of the molecule is CC(=O)/C(=N\O)c1nsc(N)n1.Cc1oc(=O)oc1COC(=O)N1CCC(N2CC/C(=C\C3=C(C(=O)[O-])N4C(=O)C(C(C)C)C4SC3)C2=O)C1.[Na+]. The molecule has 21 heteroatoms. The van der Waals surface area contributed by atoms with Crippen molar-refractivity contribution in [3.63, 3.8) is 0 Å². The molecular weight excluding hydrogens is 721 g/mol. The predicted octanol–water partition coefficient (Wildman–Crippen LogP) is -2.51. The fraction of sp³-hybridized carbons (Fsp3) is 0.500. The van der Waals surface area contributed by atoms with Gasteiger partial charge in [0.1, 0.15) is 0 Å². The number of β-lactam (4-membered cyclic amide) rings is 1. The molecule has 0 saturated carbocycles. The van der Waals surface area contributed by atoms with Crippen LogP contribution >= 0.6 is 23.3 Å². The van der Waals surface area contributed by atoms with Gasteiger partial charge in [-0.15, -0.1) is 11.8 Å². The minimum absolute atomic E-state index is 0. The number of Topliss-reactive ketones (excluding diaryl/α,β-unsaturated/α-hetero) is 1. The van der Waals surface area contributed by atoms with Crippen molar-refractivity contribution in [2.75, 3.05) is 31.1 Å². The Balaban J connectivity index is 0.000000382. The number of thioether (sulfide) groups is 1. The standard InChI is InChI=1S/C25H29N3O9S.C5H6N4O2S.Na/c1-12(2)18-21(30)28-19(23(31)32)15(11-38-22(18)28)8-14-4-7-27(20(14)29)16-5-6-26(9-16)24(33)35-10-17-13(3)36-25(34)37-17;1-2(10)3(8-11)4-7-5(6)12-9-4;/h8,12,16,18,22H,4-7,9-11H2,1-3H3,(H,31,32);11H,1H3,(H2,6,7,9);/q;;+1/p-1/b14-8+;8-3+;. The number of nitrogens with zero attached hydrogens (tertiary/aromatic N) is 6. The first-order valence-corrected chi connectivity index (χ1v) is 17.3. The van der Waals surface area contributed by atoms with Gasteiger partial charge in [0.2, 0.25) is 17.6 Å². The number of carbonyl (C=O) groups is 5. The van der Waals surface area contributed by atoms with Gasteiger partial charge < -0.3 is 44.2 Å². The molecule has 3 fully saturated rings. The molecule has 0 radical (unpaired) electrons. The van der Waals surface area contributed by atoms with E-state index in [-0.39, 0.29) is 112 Å². The molecule has 51 heavy (non-hydrogen) atoms. The van der Waals surface area contributed by atoms with Gasteiger partial charge in [0.25, 0.3) is 0 Å². The molecule has 3 unspecified atom stereocenters. The number of aliphatic carboxylic acids is 1. The van der Waals surface area contributed by atoms with Crippen molar-refractivity contribution in [1.29, 1.82) is 0 Å². The summed E-state index contributed by atoms with van der Waals surface area (Å²) in [7, 11) is 0. The van der Waals surface area contributed by atoms with E-state index in [0.29, 0.717) is 42.8 Å². The van der Waals surface area contributed by atoms with Gasteiger partial charge in [-0.05, 0) is 37.3 Å². The van der Waals surface area contributed by atoms with Crippen LogP contribution in [0.2, 0.25) is 0 Å². The summed E-state index contributed by atoms with van der Waals surface area (Å²) in [5.41, 5.74) is 5.82. The second-order valence-corrected chi connectivity index (χ2v) is 14.0. The van der Waals surface area contributed by atoms with Crippen LogP contribution in [-0.2, 0) is 30.5 Å². The number of allylic oxidation sites excluding steroid dienone is 1. The Bertz CT molecular complexity index is 1870. The van der Waals surface area contributed by atoms with Gasteiger partial charge >= 0.3 is 41.5 Å². The Labute approximate surface area is 321 Å². The molecule has 18 nitrogen and oxygen atoms in total. The number of likely N-dealkylation sites (tertiary alicyclic amines) is 2. The number of oxime groups is 1. The van der Waals surface area contributed by atoms with E-state index in [9.17, 15) is 33.9 Å². The first-order valence-electron chi connectivity index (χ1n) is 15.5. The number of carboxylic acid groups (broad SMARTS) is 1. The molecule has 0 bridgehead atoms. The Morgan fingerprint density at radius 2 is 1.94 bits per heavy atom. The van der Waals surface area contributed by atoms with E-state index in [1.807, 2.05) is 13.8 Å². The molecule has 3 atom stereocenters. The fourth-order valence-electron chi connectivity index (χ4n) is 6.07. The van der Waals surface area contributed by atoms with Gasteiger partial charge in [0.05, 0.1) is 29.0 Å². The van der Waals surface area contributed by atoms with Crippen molar-refractivity contribution >= 4 is 63.8 Å². The Kier molecular flexibility index (Phi) is 12.9. The number of anilines is 1. The molecule has 2 aromatic rings. The summed E-state index contributed by atoms with van der Waals surface area (Å²) < 4.78 is 18.5. The van der Waals surface area contributed by atoms with Crippen molar-refractivity contribution in [3.05, 3.63) is 50.9 Å². The molecule has 6 heterocycles. The number of rotatable bonds is 8. The number of fused-ring (bicyclic) bond motifs is 1. The zero-order chi connectivity index (χ0) is 36.4. The zero-order valence-electron chi connectivity index (χ0n) is 28.4. The molecule has 3 amide bonds. The summed E-state index contributed by atoms with van der Waals surface area (Å²) in [6.45, 7) is 7.56. The second kappa shape index (κ2) is 16.6. The summed E-state index contributed by atoms with van der Waals surface area (Å²) in [5.74, 6) is -2.45. The van der Waals surface area contributed by atoms with Crippen LogP contribution in [0.25, 0.3) is 0 Å². The maximum atomic E-state index is 13.2. The second-order valence-electron chi connectivity index (χ2n) is 12.1. The van der Waals surface area contributed by atoms with E-state index >= 15 is 0 Å². The van der Waals surface area contributed by atoms with Crippen molar-refractivity contribution in [3.8, 4) is 0 Å². The summed E-state index contributed by atoms with van der Waals surface area (Å²) in [5, 5.41) is 23.2. The molecule has 3 N–H and O–H groups in total. The summed E-state index contributed by atoms with van der Waals surface area (Å²) in [6, 6.07) is -0.210. The number of ether oxygens (including phenoxy) is 1. The van der Waals surface area contributed by atoms with Crippen molar-refractivity contribution < 1.29 is 77.4 Å². The third kappa shape index (κ3) is 8.40. The molecule has 0 spiro atoms. The van der Waals surface area contributed by atoms with Gasteiger partial charge in [-0.2, -0.15) is 9.36 Å². The van der Waals surface area contributed by atoms with Crippen LogP contribution in [-0.4, -0.2) is 101 Å². The third-order valence-electron chi connectivity index (χ3n) is 8.57. The Morgan fingerprint density at radius 3 is 2.51 bits per heavy atom. The first-order chi connectivity index (χ1) is 23.7. The summed E-state index contributed by atoms with van der Waals surface area (Å²) >= 11 is 2.44. The van der Waals surface area contributed by atoms with Crippen LogP contribution in [0.4, 0.5) is 9.93 Å². The molecule has 268 valence electrons. The molecule has 4 aliphatic rings. The number of aryl methyl sites for hydroxylation is 1. The molecule has 2 aromatic heterocycles. The minimum atomic E-state index is -1.42. The number of hydrogen-bond donors (Lipinski definition) is 2. The average Bonchev–Trinajstić information content (AvgIpc) is 3.84. The number of ketones is 1. The Morgan fingerprint density at radius 1 is 1.22 bits per heavy atom. The fourth-order valence-corrected chi connectivity index (χ4v) is 8.07. The van der Waals surface area contributed by atoms with Crippen LogP contribution in [0.1, 0.15) is 51.0 Å². The minimum Gasteiger partial charge on any atom is -0.543 e. The normalized spacial score (nSPS) is 22.5. The topological polar surface area (TPSA) is 255 Å². The van der Waals surface area contributed by atoms with E-state index in [0.717, 1.165) is 11.5 Å². The summed E-state index contributed by atoms with van der Waals surface area (Å²) in [4.78, 5) is 80.5. The quantitative estimate of drug-likeness (QED) is 0.0705. The van der Waals surface area contributed by atoms with Crippen LogP contribution < -0.4 is 46.2 Å². The van der Waals surface area contributed by atoms with E-state index < -0.39 is 23.7 Å². The number of carbonyl (C=O) groups excluding carboxylic acids is 5. The molecule has 6 rings (SSSR count). The molecule has 4 aliphatic heterocycles. The average molecular weight is 756 g/mol. The smallest absolute Gasteiger partial charge is 0.543 e. The zero-order valence-corrected chi connectivity index (χ0v) is 32.1. The number of aromatic nitrogens is 2. The van der Waals surface area contributed by atoms with E-state index in [1.54, 1.807) is 11.0 Å². The monoisotopic (exact) mass is 755 g/mol. The number of nitrogen functional groups attached to an aromatic ring is 1. The van der Waals surface area contributed by atoms with E-state index in [4.69, 9.17) is 24.5 Å². The third-order valence-corrected chi connectivity index (χ3v) is 10.4. The molecule has 0 aliphatic carbocycles. The maximum Gasteiger partial charge on any atom is 1.00 e. The van der Waals surface area contributed by atoms with Crippen molar-refractivity contribution in [1.82, 2.24) is 24.1 Å². The van der Waals surface area contributed by atoms with Gasteiger partial charge in [0, 0.05) is 49.4 Å². The van der Waals surface area contributed by atoms with Gasteiger partial charge in [-0.25, -0.2) is 9.59 Å². The van der Waals surface area contributed by atoms with Crippen molar-refractivity contribution in [2.24, 2.45) is 17.0 Å². The van der Waals surface area contributed by atoms with Gasteiger partial charge in [-0.3, -0.25) is 19.3 Å². The predicted molar refractivity (Wildman–Crippen MR) is 173 cm³/mol. The summed E-state index contributed by atoms with van der Waals surface area (Å²) in [6.07, 6.45) is 2.00. The maximum absolute atomic E-state index is 13.2. The Hall–Kier alpha value is -3.98. The van der Waals surface area contributed by atoms with Crippen molar-refractivity contribution in [2.45, 2.75) is 58.6 Å². The number of hydrogen-bond acceptors (Lipinski definition) is 17. The van der Waals surface area contributed by atoms with Crippen LogP contribution in [0.15, 0.2) is 41.7 Å². The number of nitrogens with two attached hydrogens (primary N) is 1. The van der Waals surface area contributed by atoms with E-state index in [2.05, 4.69) is 14.5 Å². The van der Waals surface area contributed by atoms with E-state index in [1.165, 1.54) is 35.4 Å². The van der Waals surface area contributed by atoms with Crippen LogP contribution in [0.3, 0.4) is 0 Å². The molecular formula is C30H34N7NaO11S2. The largest absolute Gasteiger partial charge is 1.00 e. The first kappa shape index (κ1) is 39.8. The van der Waals surface area contributed by atoms with Crippen LogP contribution in [0.5, 0.6) is 0 Å².